The highest BCUT2D eigenvalue weighted by molar-refractivity contribution is 6.07. The average Bonchev–Trinajstić information content (AvgIpc) is 2.65. The first-order valence-corrected chi connectivity index (χ1v) is 9.40. The molecular formula is C21H26N2O8. The van der Waals surface area contributed by atoms with E-state index in [1.807, 2.05) is 31.2 Å². The lowest BCUT2D eigenvalue weighted by molar-refractivity contribution is -0.742. The van der Waals surface area contributed by atoms with Crippen LogP contribution in [0.4, 0.5) is 0 Å². The van der Waals surface area contributed by atoms with Crippen LogP contribution in [-0.4, -0.2) is 51.6 Å². The number of carbonyl (C=O) groups excluding carboxylic acids is 2. The summed E-state index contributed by atoms with van der Waals surface area (Å²) in [6, 6.07) is 7.50. The van der Waals surface area contributed by atoms with Gasteiger partial charge in [0.15, 0.2) is 0 Å². The quantitative estimate of drug-likeness (QED) is 0.397. The van der Waals surface area contributed by atoms with Gasteiger partial charge < -0.3 is 19.8 Å². The summed E-state index contributed by atoms with van der Waals surface area (Å²) in [5, 5.41) is 22.6. The number of aliphatic hydroxyl groups excluding tert-OH is 1. The van der Waals surface area contributed by atoms with Crippen molar-refractivity contribution >= 4 is 11.9 Å². The molecule has 2 aromatic rings. The van der Waals surface area contributed by atoms with Gasteiger partial charge in [-0.05, 0) is 40.2 Å². The fourth-order valence-corrected chi connectivity index (χ4v) is 2.84. The maximum absolute atomic E-state index is 12.8. The lowest BCUT2D eigenvalue weighted by atomic mass is 9.92. The molecule has 10 heteroatoms. The molecule has 1 heterocycles. The van der Waals surface area contributed by atoms with Gasteiger partial charge in [-0.3, -0.25) is 4.98 Å². The molecule has 1 aromatic heterocycles. The van der Waals surface area contributed by atoms with Gasteiger partial charge in [0, 0.05) is 5.56 Å². The van der Waals surface area contributed by atoms with E-state index in [1.165, 1.54) is 0 Å². The van der Waals surface area contributed by atoms with E-state index in [0.29, 0.717) is 22.5 Å². The number of hydrogen-bond donors (Lipinski definition) is 2. The molecule has 0 saturated heterocycles. The maximum atomic E-state index is 12.8. The molecule has 0 bridgehead atoms. The van der Waals surface area contributed by atoms with Gasteiger partial charge >= 0.3 is 11.9 Å². The Labute approximate surface area is 179 Å². The molecule has 0 unspecified atom stereocenters. The topological polar surface area (TPSA) is 149 Å². The van der Waals surface area contributed by atoms with Crippen LogP contribution < -0.4 is 0 Å². The molecule has 31 heavy (non-hydrogen) atoms. The Kier molecular flexibility index (Phi) is 9.55. The zero-order chi connectivity index (χ0) is 23.7. The van der Waals surface area contributed by atoms with Gasteiger partial charge in [0.2, 0.25) is 0 Å². The van der Waals surface area contributed by atoms with E-state index in [2.05, 4.69) is 4.98 Å². The second kappa shape index (κ2) is 11.6. The molecule has 2 rings (SSSR count). The highest BCUT2D eigenvalue weighted by Crippen LogP contribution is 2.33. The molecule has 2 N–H and O–H groups in total. The SMILES string of the molecule is Cc1ccc(-c2c(C(=O)OCCO)c(C)nc(C)c2C(=O)OC(C)C)cc1.O=[N+]([O-])O. The number of aliphatic hydroxyl groups is 1. The average molecular weight is 434 g/mol. The zero-order valence-corrected chi connectivity index (χ0v) is 18.0. The minimum Gasteiger partial charge on any atom is -0.460 e. The summed E-state index contributed by atoms with van der Waals surface area (Å²) in [6.07, 6.45) is -0.311. The van der Waals surface area contributed by atoms with Gasteiger partial charge in [-0.1, -0.05) is 29.8 Å². The van der Waals surface area contributed by atoms with Gasteiger partial charge in [0.1, 0.15) is 6.61 Å². The summed E-state index contributed by atoms with van der Waals surface area (Å²) >= 11 is 0. The fraction of sp³-hybridized carbons (Fsp3) is 0.381. The van der Waals surface area contributed by atoms with E-state index in [0.717, 1.165) is 5.56 Å². The molecular weight excluding hydrogens is 408 g/mol. The van der Waals surface area contributed by atoms with Crippen molar-refractivity contribution in [2.45, 2.75) is 40.7 Å². The number of esters is 2. The third-order valence-electron chi connectivity index (χ3n) is 3.97. The zero-order valence-electron chi connectivity index (χ0n) is 18.0. The number of rotatable bonds is 6. The second-order valence-electron chi connectivity index (χ2n) is 6.83. The predicted molar refractivity (Wildman–Crippen MR) is 111 cm³/mol. The Morgan fingerprint density at radius 3 is 2.00 bits per heavy atom. The third-order valence-corrected chi connectivity index (χ3v) is 3.97. The number of aryl methyl sites for hydroxylation is 3. The molecule has 1 aromatic carbocycles. The summed E-state index contributed by atoms with van der Waals surface area (Å²) in [4.78, 5) is 38.2. The lowest BCUT2D eigenvalue weighted by Crippen LogP contribution is -2.20. The number of benzene rings is 1. The third kappa shape index (κ3) is 7.34. The number of carbonyl (C=O) groups is 2. The van der Waals surface area contributed by atoms with Crippen LogP contribution >= 0.6 is 0 Å². The van der Waals surface area contributed by atoms with E-state index < -0.39 is 17.0 Å². The van der Waals surface area contributed by atoms with Crippen LogP contribution in [0.3, 0.4) is 0 Å². The summed E-state index contributed by atoms with van der Waals surface area (Å²) in [5.41, 5.74) is 3.56. The Hall–Kier alpha value is -3.53. The smallest absolute Gasteiger partial charge is 0.340 e. The van der Waals surface area contributed by atoms with Crippen LogP contribution in [0.2, 0.25) is 0 Å². The highest BCUT2D eigenvalue weighted by Gasteiger charge is 2.28. The van der Waals surface area contributed by atoms with E-state index in [-0.39, 0.29) is 30.4 Å². The van der Waals surface area contributed by atoms with Crippen molar-refractivity contribution < 1.29 is 34.5 Å². The van der Waals surface area contributed by atoms with E-state index in [4.69, 9.17) is 29.9 Å². The van der Waals surface area contributed by atoms with Gasteiger partial charge in [-0.15, -0.1) is 10.1 Å². The minimum atomic E-state index is -1.50. The monoisotopic (exact) mass is 434 g/mol. The number of hydrogen-bond acceptors (Lipinski definition) is 8. The Balaban J connectivity index is 0.00000110. The van der Waals surface area contributed by atoms with Crippen LogP contribution in [-0.2, 0) is 9.47 Å². The van der Waals surface area contributed by atoms with Crippen molar-refractivity contribution in [2.24, 2.45) is 0 Å². The van der Waals surface area contributed by atoms with Crippen molar-refractivity contribution in [1.29, 1.82) is 0 Å². The minimum absolute atomic E-state index is 0.134. The van der Waals surface area contributed by atoms with Gasteiger partial charge in [-0.2, -0.15) is 0 Å². The molecule has 0 aliphatic rings. The van der Waals surface area contributed by atoms with Crippen molar-refractivity contribution in [2.75, 3.05) is 13.2 Å². The number of pyridine rings is 1. The molecule has 168 valence electrons. The molecule has 0 aliphatic carbocycles. The molecule has 0 spiro atoms. The van der Waals surface area contributed by atoms with Gasteiger partial charge in [-0.25, -0.2) is 9.59 Å². The van der Waals surface area contributed by atoms with Crippen LogP contribution in [0.25, 0.3) is 11.1 Å². The Bertz CT molecular complexity index is 935. The van der Waals surface area contributed by atoms with Gasteiger partial charge in [0.25, 0.3) is 5.09 Å². The summed E-state index contributed by atoms with van der Waals surface area (Å²) in [6.45, 7) is 8.46. The first kappa shape index (κ1) is 25.5. The van der Waals surface area contributed by atoms with Crippen LogP contribution in [0, 0.1) is 30.9 Å². The first-order chi connectivity index (χ1) is 14.5. The van der Waals surface area contributed by atoms with Crippen LogP contribution in [0.5, 0.6) is 0 Å². The lowest BCUT2D eigenvalue weighted by Gasteiger charge is -2.19. The highest BCUT2D eigenvalue weighted by atomic mass is 16.9. The van der Waals surface area contributed by atoms with Crippen LogP contribution in [0.15, 0.2) is 24.3 Å². The molecule has 0 amide bonds. The van der Waals surface area contributed by atoms with Crippen molar-refractivity contribution in [3.8, 4) is 11.1 Å². The molecule has 0 aliphatic heterocycles. The summed E-state index contributed by atoms with van der Waals surface area (Å²) in [5.74, 6) is -1.18. The maximum Gasteiger partial charge on any atom is 0.340 e. The van der Waals surface area contributed by atoms with E-state index in [9.17, 15) is 9.59 Å². The van der Waals surface area contributed by atoms with Crippen LogP contribution in [0.1, 0.15) is 51.5 Å². The Morgan fingerprint density at radius 2 is 1.55 bits per heavy atom. The molecule has 0 radical (unpaired) electrons. The van der Waals surface area contributed by atoms with Gasteiger partial charge in [0.05, 0.1) is 35.2 Å². The predicted octanol–water partition coefficient (Wildman–Crippen LogP) is 3.04. The molecule has 0 fully saturated rings. The first-order valence-electron chi connectivity index (χ1n) is 9.40. The summed E-state index contributed by atoms with van der Waals surface area (Å²) in [7, 11) is 0. The molecule has 0 atom stereocenters. The number of aromatic nitrogens is 1. The van der Waals surface area contributed by atoms with Crippen molar-refractivity contribution in [3.05, 3.63) is 62.5 Å². The van der Waals surface area contributed by atoms with E-state index >= 15 is 0 Å². The standard InChI is InChI=1S/C21H25NO5.HNO3/c1-12(2)27-21(25)18-15(5)22-14(4)17(20(24)26-11-10-23)19(18)16-8-6-13(3)7-9-16;2-1(3)4/h6-9,12,23H,10-11H2,1-5H3;(H,2,3,4). The van der Waals surface area contributed by atoms with Crippen molar-refractivity contribution in [1.82, 2.24) is 4.98 Å². The number of ether oxygens (including phenoxy) is 2. The fourth-order valence-electron chi connectivity index (χ4n) is 2.84. The largest absolute Gasteiger partial charge is 0.460 e. The Morgan fingerprint density at radius 1 is 1.06 bits per heavy atom. The second-order valence-corrected chi connectivity index (χ2v) is 6.83. The normalized spacial score (nSPS) is 10.2. The molecule has 0 saturated carbocycles. The van der Waals surface area contributed by atoms with E-state index in [1.54, 1.807) is 27.7 Å². The molecule has 10 nitrogen and oxygen atoms in total. The number of nitrogens with zero attached hydrogens (tertiary/aromatic N) is 2. The summed E-state index contributed by atoms with van der Waals surface area (Å²) < 4.78 is 10.5. The van der Waals surface area contributed by atoms with Crippen molar-refractivity contribution in [3.63, 3.8) is 0 Å².